The minimum Gasteiger partial charge on any atom is -0.472 e. The molecule has 6 heteroatoms. The summed E-state index contributed by atoms with van der Waals surface area (Å²) in [6.45, 7) is 7.07. The number of fused-ring (bicyclic) bond motifs is 5. The lowest BCUT2D eigenvalue weighted by molar-refractivity contribution is -0.207. The summed E-state index contributed by atoms with van der Waals surface area (Å²) >= 11 is 0. The van der Waals surface area contributed by atoms with Crippen molar-refractivity contribution >= 4 is 0 Å². The predicted molar refractivity (Wildman–Crippen MR) is 132 cm³/mol. The van der Waals surface area contributed by atoms with Crippen molar-refractivity contribution < 1.29 is 19.0 Å². The van der Waals surface area contributed by atoms with Crippen LogP contribution >= 0.6 is 0 Å². The van der Waals surface area contributed by atoms with Gasteiger partial charge in [-0.15, -0.1) is 0 Å². The van der Waals surface area contributed by atoms with Crippen LogP contribution in [0.15, 0.2) is 23.0 Å². The van der Waals surface area contributed by atoms with Crippen molar-refractivity contribution in [2.75, 3.05) is 26.4 Å². The van der Waals surface area contributed by atoms with E-state index in [9.17, 15) is 5.11 Å². The summed E-state index contributed by atoms with van der Waals surface area (Å²) in [5, 5.41) is 12.3. The molecule has 0 spiro atoms. The first kappa shape index (κ1) is 24.8. The van der Waals surface area contributed by atoms with Gasteiger partial charge in [-0.1, -0.05) is 13.8 Å². The summed E-state index contributed by atoms with van der Waals surface area (Å²) < 4.78 is 17.3. The van der Waals surface area contributed by atoms with Gasteiger partial charge >= 0.3 is 0 Å². The average Bonchev–Trinajstić information content (AvgIpc) is 3.44. The molecule has 9 atom stereocenters. The highest BCUT2D eigenvalue weighted by Crippen LogP contribution is 2.70. The van der Waals surface area contributed by atoms with Gasteiger partial charge in [0.15, 0.2) is 0 Å². The fraction of sp³-hybridized carbons (Fsp3) is 0.857. The Morgan fingerprint density at radius 1 is 1.09 bits per heavy atom. The summed E-state index contributed by atoms with van der Waals surface area (Å²) in [6, 6.07) is 2.03. The fourth-order valence-electron chi connectivity index (χ4n) is 8.92. The van der Waals surface area contributed by atoms with Crippen LogP contribution in [0.5, 0.6) is 0 Å². The standard InChI is InChI=1S/C28H46N2O4/c1-26-9-5-22(34-14-13-33-18-21(30)16-29)15-20(26)3-4-25-24(26)6-10-27(2)23(7-11-28(25,27)31)19-8-12-32-17-19/h8,12,17,20-25,31H,3-7,9-11,13-16,18,29-30H2,1-2H3/t20?,21?,22?,23?,24-,25-,26+,27-,28-/m1/s1. The minimum absolute atomic E-state index is 0.0476. The Labute approximate surface area is 205 Å². The molecule has 4 aliphatic rings. The Morgan fingerprint density at radius 2 is 1.94 bits per heavy atom. The third-order valence-electron chi connectivity index (χ3n) is 11.0. The highest BCUT2D eigenvalue weighted by Gasteiger charge is 2.67. The van der Waals surface area contributed by atoms with Crippen LogP contribution < -0.4 is 11.5 Å². The van der Waals surface area contributed by atoms with Crippen LogP contribution in [0.2, 0.25) is 0 Å². The van der Waals surface area contributed by atoms with Gasteiger partial charge in [0.25, 0.3) is 0 Å². The number of ether oxygens (including phenoxy) is 2. The normalized spacial score (nSPS) is 44.8. The molecule has 34 heavy (non-hydrogen) atoms. The van der Waals surface area contributed by atoms with Gasteiger partial charge in [-0.25, -0.2) is 0 Å². The van der Waals surface area contributed by atoms with Crippen LogP contribution in [-0.4, -0.2) is 49.2 Å². The second kappa shape index (κ2) is 9.51. The van der Waals surface area contributed by atoms with Gasteiger partial charge in [-0.2, -0.15) is 0 Å². The molecule has 4 aliphatic carbocycles. The number of hydrogen-bond acceptors (Lipinski definition) is 6. The van der Waals surface area contributed by atoms with Gasteiger partial charge in [0, 0.05) is 18.0 Å². The van der Waals surface area contributed by atoms with E-state index in [0.29, 0.717) is 61.6 Å². The third kappa shape index (κ3) is 3.98. The highest BCUT2D eigenvalue weighted by molar-refractivity contribution is 5.26. The summed E-state index contributed by atoms with van der Waals surface area (Å²) in [7, 11) is 0. The molecule has 4 fully saturated rings. The highest BCUT2D eigenvalue weighted by atomic mass is 16.5. The van der Waals surface area contributed by atoms with Crippen molar-refractivity contribution in [3.63, 3.8) is 0 Å². The van der Waals surface area contributed by atoms with Crippen molar-refractivity contribution in [2.45, 2.75) is 95.3 Å². The van der Waals surface area contributed by atoms with E-state index in [2.05, 4.69) is 19.9 Å². The molecule has 0 aliphatic heterocycles. The topological polar surface area (TPSA) is 104 Å². The maximum Gasteiger partial charge on any atom is 0.0937 e. The fourth-order valence-corrected chi connectivity index (χ4v) is 8.92. The molecule has 4 saturated carbocycles. The molecule has 1 aromatic heterocycles. The van der Waals surface area contributed by atoms with Crippen LogP contribution in [0.1, 0.15) is 83.1 Å². The first-order valence-corrected chi connectivity index (χ1v) is 13.7. The molecule has 0 radical (unpaired) electrons. The van der Waals surface area contributed by atoms with Crippen molar-refractivity contribution in [3.05, 3.63) is 24.2 Å². The lowest BCUT2D eigenvalue weighted by atomic mass is 9.43. The molecule has 0 saturated heterocycles. The number of nitrogens with two attached hydrogens (primary N) is 2. The van der Waals surface area contributed by atoms with Crippen LogP contribution in [0.3, 0.4) is 0 Å². The van der Waals surface area contributed by atoms with Gasteiger partial charge < -0.3 is 30.5 Å². The van der Waals surface area contributed by atoms with Crippen molar-refractivity contribution in [2.24, 2.45) is 40.1 Å². The Balaban J connectivity index is 1.21. The van der Waals surface area contributed by atoms with Crippen LogP contribution in [0.25, 0.3) is 0 Å². The second-order valence-electron chi connectivity index (χ2n) is 12.4. The Morgan fingerprint density at radius 3 is 2.71 bits per heavy atom. The zero-order chi connectivity index (χ0) is 24.0. The van der Waals surface area contributed by atoms with Gasteiger partial charge in [0.1, 0.15) is 0 Å². The Kier molecular flexibility index (Phi) is 6.93. The SMILES string of the molecule is C[C@]12CCC(OCCOCC(N)CN)CC1CC[C@@H]1[C@H]2CC[C@]2(C)C(c3ccoc3)CC[C@@]12O. The van der Waals surface area contributed by atoms with Gasteiger partial charge in [-0.05, 0) is 98.5 Å². The largest absolute Gasteiger partial charge is 0.472 e. The Bertz CT molecular complexity index is 817. The van der Waals surface area contributed by atoms with E-state index in [0.717, 1.165) is 38.5 Å². The van der Waals surface area contributed by atoms with Crippen LogP contribution in [0, 0.1) is 28.6 Å². The van der Waals surface area contributed by atoms with E-state index >= 15 is 0 Å². The summed E-state index contributed by atoms with van der Waals surface area (Å²) in [5.74, 6) is 2.14. The predicted octanol–water partition coefficient (Wildman–Crippen LogP) is 4.21. The van der Waals surface area contributed by atoms with E-state index in [1.165, 1.54) is 24.8 Å². The smallest absolute Gasteiger partial charge is 0.0937 e. The zero-order valence-electron chi connectivity index (χ0n) is 21.2. The number of hydrogen-bond donors (Lipinski definition) is 3. The van der Waals surface area contributed by atoms with Crippen molar-refractivity contribution in [1.82, 2.24) is 0 Å². The molecular weight excluding hydrogens is 428 g/mol. The third-order valence-corrected chi connectivity index (χ3v) is 11.0. The molecule has 4 unspecified atom stereocenters. The van der Waals surface area contributed by atoms with Crippen molar-refractivity contribution in [1.29, 1.82) is 0 Å². The number of furan rings is 1. The lowest BCUT2D eigenvalue weighted by Crippen LogP contribution is -2.62. The number of rotatable bonds is 8. The molecule has 1 heterocycles. The van der Waals surface area contributed by atoms with Gasteiger partial charge in [0.2, 0.25) is 0 Å². The van der Waals surface area contributed by atoms with Gasteiger partial charge in [-0.3, -0.25) is 0 Å². The van der Waals surface area contributed by atoms with E-state index in [4.69, 9.17) is 25.4 Å². The second-order valence-corrected chi connectivity index (χ2v) is 12.4. The van der Waals surface area contributed by atoms with Crippen LogP contribution in [-0.2, 0) is 9.47 Å². The first-order valence-electron chi connectivity index (χ1n) is 13.7. The molecule has 0 bridgehead atoms. The van der Waals surface area contributed by atoms with E-state index in [-0.39, 0.29) is 11.5 Å². The quantitative estimate of drug-likeness (QED) is 0.488. The summed E-state index contributed by atoms with van der Waals surface area (Å²) in [6.07, 6.45) is 14.2. The van der Waals surface area contributed by atoms with E-state index in [1.54, 1.807) is 6.26 Å². The molecule has 0 amide bonds. The molecule has 5 N–H and O–H groups in total. The number of aliphatic hydroxyl groups is 1. The average molecular weight is 475 g/mol. The van der Waals surface area contributed by atoms with Crippen LogP contribution in [0.4, 0.5) is 0 Å². The maximum atomic E-state index is 12.3. The zero-order valence-corrected chi connectivity index (χ0v) is 21.2. The monoisotopic (exact) mass is 474 g/mol. The molecule has 0 aromatic carbocycles. The molecule has 1 aromatic rings. The van der Waals surface area contributed by atoms with E-state index in [1.807, 2.05) is 6.26 Å². The molecule has 5 rings (SSSR count). The van der Waals surface area contributed by atoms with Gasteiger partial charge in [0.05, 0.1) is 44.1 Å². The minimum atomic E-state index is -0.555. The first-order chi connectivity index (χ1) is 16.3. The lowest BCUT2D eigenvalue weighted by Gasteiger charge is -2.63. The summed E-state index contributed by atoms with van der Waals surface area (Å²) in [5.41, 5.74) is 12.3. The van der Waals surface area contributed by atoms with Crippen molar-refractivity contribution in [3.8, 4) is 0 Å². The van der Waals surface area contributed by atoms with E-state index < -0.39 is 5.60 Å². The summed E-state index contributed by atoms with van der Waals surface area (Å²) in [4.78, 5) is 0. The maximum absolute atomic E-state index is 12.3. The Hall–Kier alpha value is -0.920. The molecule has 192 valence electrons. The molecular formula is C28H46N2O4. The molecule has 6 nitrogen and oxygen atoms in total.